The van der Waals surface area contributed by atoms with Gasteiger partial charge in [0.25, 0.3) is 0 Å². The molecule has 1 aliphatic rings. The SMILES string of the molecule is COc1ccc(CC(=O)NCC2CCN(c3nc(Cc4ccc(C)cc4)ns3)CC2)cc1. The Bertz CT molecular complexity index is 1010. The van der Waals surface area contributed by atoms with Gasteiger partial charge in [0.1, 0.15) is 11.6 Å². The predicted molar refractivity (Wildman–Crippen MR) is 129 cm³/mol. The van der Waals surface area contributed by atoms with Crippen molar-refractivity contribution in [3.8, 4) is 5.75 Å². The van der Waals surface area contributed by atoms with E-state index < -0.39 is 0 Å². The Morgan fingerprint density at radius 1 is 1.09 bits per heavy atom. The minimum Gasteiger partial charge on any atom is -0.497 e. The standard InChI is InChI=1S/C25H30N4O2S/c1-18-3-5-19(6-4-18)15-23-27-25(32-28-23)29-13-11-21(12-14-29)17-26-24(30)16-20-7-9-22(31-2)10-8-20/h3-10,21H,11-17H2,1-2H3,(H,26,30). The monoisotopic (exact) mass is 450 g/mol. The molecular formula is C25H30N4O2S. The Balaban J connectivity index is 1.20. The van der Waals surface area contributed by atoms with Crippen molar-refractivity contribution in [2.75, 3.05) is 31.6 Å². The van der Waals surface area contributed by atoms with Gasteiger partial charge in [-0.2, -0.15) is 4.37 Å². The Hall–Kier alpha value is -2.93. The van der Waals surface area contributed by atoms with Gasteiger partial charge in [0.05, 0.1) is 13.5 Å². The largest absolute Gasteiger partial charge is 0.497 e. The summed E-state index contributed by atoms with van der Waals surface area (Å²) in [7, 11) is 1.64. The van der Waals surface area contributed by atoms with E-state index in [1.807, 2.05) is 24.3 Å². The smallest absolute Gasteiger partial charge is 0.224 e. The Labute approximate surface area is 193 Å². The highest BCUT2D eigenvalue weighted by molar-refractivity contribution is 7.09. The van der Waals surface area contributed by atoms with Crippen LogP contribution < -0.4 is 15.0 Å². The van der Waals surface area contributed by atoms with Crippen molar-refractivity contribution >= 4 is 22.6 Å². The molecule has 0 aliphatic carbocycles. The molecule has 2 aromatic carbocycles. The lowest BCUT2D eigenvalue weighted by molar-refractivity contribution is -0.120. The highest BCUT2D eigenvalue weighted by atomic mass is 32.1. The van der Waals surface area contributed by atoms with E-state index in [-0.39, 0.29) is 5.91 Å². The third-order valence-electron chi connectivity index (χ3n) is 5.94. The lowest BCUT2D eigenvalue weighted by Gasteiger charge is -2.31. The van der Waals surface area contributed by atoms with Crippen molar-refractivity contribution in [2.24, 2.45) is 5.92 Å². The first-order chi connectivity index (χ1) is 15.6. The Morgan fingerprint density at radius 3 is 2.47 bits per heavy atom. The second-order valence-corrected chi connectivity index (χ2v) is 9.15. The first-order valence-electron chi connectivity index (χ1n) is 11.1. The van der Waals surface area contributed by atoms with Crippen molar-refractivity contribution in [1.82, 2.24) is 14.7 Å². The van der Waals surface area contributed by atoms with E-state index in [0.717, 1.165) is 61.2 Å². The number of nitrogens with one attached hydrogen (secondary N) is 1. The van der Waals surface area contributed by atoms with E-state index in [4.69, 9.17) is 9.72 Å². The molecule has 1 aromatic heterocycles. The average molecular weight is 451 g/mol. The van der Waals surface area contributed by atoms with Gasteiger partial charge >= 0.3 is 0 Å². The fraction of sp³-hybridized carbons (Fsp3) is 0.400. The molecule has 0 saturated carbocycles. The molecule has 3 aromatic rings. The fourth-order valence-corrected chi connectivity index (χ4v) is 4.65. The molecule has 4 rings (SSSR count). The van der Waals surface area contributed by atoms with Crippen LogP contribution in [0, 0.1) is 12.8 Å². The zero-order valence-corrected chi connectivity index (χ0v) is 19.5. The summed E-state index contributed by atoms with van der Waals surface area (Å²) in [5, 5.41) is 4.11. The summed E-state index contributed by atoms with van der Waals surface area (Å²) in [6, 6.07) is 16.2. The van der Waals surface area contributed by atoms with Gasteiger partial charge in [-0.3, -0.25) is 4.79 Å². The molecular weight excluding hydrogens is 420 g/mol. The number of aromatic nitrogens is 2. The van der Waals surface area contributed by atoms with Gasteiger partial charge in [-0.25, -0.2) is 4.98 Å². The number of benzene rings is 2. The highest BCUT2D eigenvalue weighted by Crippen LogP contribution is 2.25. The molecule has 0 atom stereocenters. The lowest BCUT2D eigenvalue weighted by Crippen LogP contribution is -2.39. The van der Waals surface area contributed by atoms with Crippen LogP contribution in [-0.2, 0) is 17.6 Å². The molecule has 168 valence electrons. The average Bonchev–Trinajstić information content (AvgIpc) is 3.28. The molecule has 32 heavy (non-hydrogen) atoms. The quantitative estimate of drug-likeness (QED) is 0.561. The summed E-state index contributed by atoms with van der Waals surface area (Å²) in [4.78, 5) is 19.4. The van der Waals surface area contributed by atoms with Crippen molar-refractivity contribution in [2.45, 2.75) is 32.6 Å². The Kier molecular flexibility index (Phi) is 7.37. The molecule has 7 heteroatoms. The number of carbonyl (C=O) groups excluding carboxylic acids is 1. The van der Waals surface area contributed by atoms with E-state index in [1.165, 1.54) is 22.7 Å². The molecule has 0 bridgehead atoms. The molecule has 0 spiro atoms. The highest BCUT2D eigenvalue weighted by Gasteiger charge is 2.22. The number of hydrogen-bond donors (Lipinski definition) is 1. The van der Waals surface area contributed by atoms with Crippen molar-refractivity contribution in [3.05, 3.63) is 71.0 Å². The number of ether oxygens (including phenoxy) is 1. The van der Waals surface area contributed by atoms with Crippen LogP contribution in [0.1, 0.15) is 35.4 Å². The first-order valence-corrected chi connectivity index (χ1v) is 11.9. The number of hydrogen-bond acceptors (Lipinski definition) is 6. The van der Waals surface area contributed by atoms with Crippen LogP contribution in [0.25, 0.3) is 0 Å². The van der Waals surface area contributed by atoms with Gasteiger partial charge in [-0.1, -0.05) is 42.0 Å². The number of nitrogens with zero attached hydrogens (tertiary/aromatic N) is 3. The molecule has 0 unspecified atom stereocenters. The molecule has 1 fully saturated rings. The molecule has 1 aliphatic heterocycles. The Morgan fingerprint density at radius 2 is 1.78 bits per heavy atom. The minimum absolute atomic E-state index is 0.0717. The maximum absolute atomic E-state index is 12.3. The number of carbonyl (C=O) groups is 1. The summed E-state index contributed by atoms with van der Waals surface area (Å²) >= 11 is 1.49. The zero-order valence-electron chi connectivity index (χ0n) is 18.7. The third kappa shape index (κ3) is 6.07. The van der Waals surface area contributed by atoms with Crippen LogP contribution in [0.2, 0.25) is 0 Å². The maximum atomic E-state index is 12.3. The van der Waals surface area contributed by atoms with E-state index in [9.17, 15) is 4.79 Å². The normalized spacial score (nSPS) is 14.4. The van der Waals surface area contributed by atoms with Crippen molar-refractivity contribution in [3.63, 3.8) is 0 Å². The van der Waals surface area contributed by atoms with Gasteiger partial charge in [0, 0.05) is 37.6 Å². The van der Waals surface area contributed by atoms with Gasteiger partial charge in [0.2, 0.25) is 11.0 Å². The van der Waals surface area contributed by atoms with Gasteiger partial charge in [0.15, 0.2) is 0 Å². The number of amides is 1. The van der Waals surface area contributed by atoms with Gasteiger partial charge in [-0.05, 0) is 48.9 Å². The van der Waals surface area contributed by atoms with Gasteiger partial charge in [-0.15, -0.1) is 0 Å². The van der Waals surface area contributed by atoms with Crippen LogP contribution in [0.4, 0.5) is 5.13 Å². The van der Waals surface area contributed by atoms with E-state index in [2.05, 4.69) is 45.8 Å². The van der Waals surface area contributed by atoms with Crippen LogP contribution in [0.3, 0.4) is 0 Å². The number of rotatable bonds is 8. The first kappa shape index (κ1) is 22.3. The van der Waals surface area contributed by atoms with Crippen molar-refractivity contribution < 1.29 is 9.53 Å². The minimum atomic E-state index is 0.0717. The second-order valence-electron chi connectivity index (χ2n) is 8.41. The van der Waals surface area contributed by atoms with E-state index in [0.29, 0.717) is 12.3 Å². The number of anilines is 1. The van der Waals surface area contributed by atoms with Crippen LogP contribution in [0.5, 0.6) is 5.75 Å². The summed E-state index contributed by atoms with van der Waals surface area (Å²) in [5.74, 6) is 2.27. The topological polar surface area (TPSA) is 67.3 Å². The van der Waals surface area contributed by atoms with E-state index >= 15 is 0 Å². The molecule has 1 N–H and O–H groups in total. The van der Waals surface area contributed by atoms with Gasteiger partial charge < -0.3 is 15.0 Å². The number of aryl methyl sites for hydroxylation is 1. The maximum Gasteiger partial charge on any atom is 0.224 e. The summed E-state index contributed by atoms with van der Waals surface area (Å²) < 4.78 is 9.72. The zero-order chi connectivity index (χ0) is 22.3. The second kappa shape index (κ2) is 10.6. The third-order valence-corrected chi connectivity index (χ3v) is 6.75. The fourth-order valence-electron chi connectivity index (χ4n) is 3.91. The number of methoxy groups -OCH3 is 1. The van der Waals surface area contributed by atoms with Crippen LogP contribution >= 0.6 is 11.5 Å². The van der Waals surface area contributed by atoms with Crippen LogP contribution in [0.15, 0.2) is 48.5 Å². The predicted octanol–water partition coefficient (Wildman–Crippen LogP) is 4.02. The molecule has 0 radical (unpaired) electrons. The number of piperidine rings is 1. The lowest BCUT2D eigenvalue weighted by atomic mass is 9.97. The van der Waals surface area contributed by atoms with Crippen molar-refractivity contribution in [1.29, 1.82) is 0 Å². The summed E-state index contributed by atoms with van der Waals surface area (Å²) in [6.07, 6.45) is 3.27. The van der Waals surface area contributed by atoms with Crippen LogP contribution in [-0.4, -0.2) is 42.0 Å². The molecule has 1 amide bonds. The summed E-state index contributed by atoms with van der Waals surface area (Å²) in [6.45, 7) is 4.74. The van der Waals surface area contributed by atoms with E-state index in [1.54, 1.807) is 7.11 Å². The molecule has 6 nitrogen and oxygen atoms in total. The molecule has 1 saturated heterocycles. The summed E-state index contributed by atoms with van der Waals surface area (Å²) in [5.41, 5.74) is 3.50. The molecule has 2 heterocycles.